The summed E-state index contributed by atoms with van der Waals surface area (Å²) in [6.07, 6.45) is 2.53. The summed E-state index contributed by atoms with van der Waals surface area (Å²) in [5.74, 6) is 2.58. The van der Waals surface area contributed by atoms with Gasteiger partial charge in [0.2, 0.25) is 0 Å². The second kappa shape index (κ2) is 6.52. The van der Waals surface area contributed by atoms with Gasteiger partial charge in [-0.25, -0.2) is 9.97 Å². The van der Waals surface area contributed by atoms with E-state index >= 15 is 0 Å². The number of aromatic nitrogens is 2. The number of hydrogen-bond donors (Lipinski definition) is 0. The maximum atomic E-state index is 4.96. The first-order valence-corrected chi connectivity index (χ1v) is 9.28. The fraction of sp³-hybridized carbons (Fsp3) is 0.300. The van der Waals surface area contributed by atoms with Gasteiger partial charge in [0, 0.05) is 28.5 Å². The van der Waals surface area contributed by atoms with Crippen molar-refractivity contribution in [3.63, 3.8) is 0 Å². The molecule has 0 spiro atoms. The molecular formula is C20H20BrN3. The number of halogens is 1. The van der Waals surface area contributed by atoms with Gasteiger partial charge in [-0.3, -0.25) is 0 Å². The molecule has 1 fully saturated rings. The molecule has 24 heavy (non-hydrogen) atoms. The standard InChI is InChI=1S/C20H20BrN3/c1-14-6-5-11-24(13-14)20-17-9-2-3-10-18(17)22-19(23-20)15-7-4-8-16(21)12-15/h2-4,7-10,12,14H,5-6,11,13H2,1H3. The number of piperidine rings is 1. The number of rotatable bonds is 2. The van der Waals surface area contributed by atoms with E-state index < -0.39 is 0 Å². The van der Waals surface area contributed by atoms with Crippen LogP contribution in [-0.2, 0) is 0 Å². The number of para-hydroxylation sites is 1. The third-order valence-corrected chi connectivity index (χ3v) is 5.12. The molecular weight excluding hydrogens is 362 g/mol. The molecule has 0 radical (unpaired) electrons. The molecule has 2 heterocycles. The predicted octanol–water partition coefficient (Wildman–Crippen LogP) is 5.30. The molecule has 2 aromatic carbocycles. The van der Waals surface area contributed by atoms with Gasteiger partial charge in [0.1, 0.15) is 5.82 Å². The lowest BCUT2D eigenvalue weighted by molar-refractivity contribution is 0.445. The van der Waals surface area contributed by atoms with Crippen molar-refractivity contribution in [2.24, 2.45) is 5.92 Å². The van der Waals surface area contributed by atoms with E-state index in [2.05, 4.69) is 58.1 Å². The van der Waals surface area contributed by atoms with Crippen molar-refractivity contribution in [1.29, 1.82) is 0 Å². The monoisotopic (exact) mass is 381 g/mol. The van der Waals surface area contributed by atoms with Gasteiger partial charge in [-0.2, -0.15) is 0 Å². The van der Waals surface area contributed by atoms with Crippen molar-refractivity contribution in [1.82, 2.24) is 9.97 Å². The van der Waals surface area contributed by atoms with Crippen molar-refractivity contribution in [3.05, 3.63) is 53.0 Å². The molecule has 1 unspecified atom stereocenters. The van der Waals surface area contributed by atoms with Gasteiger partial charge in [0.05, 0.1) is 5.52 Å². The Kier molecular flexibility index (Phi) is 4.23. The molecule has 4 rings (SSSR count). The van der Waals surface area contributed by atoms with E-state index in [-0.39, 0.29) is 0 Å². The summed E-state index contributed by atoms with van der Waals surface area (Å²) in [5, 5.41) is 1.14. The largest absolute Gasteiger partial charge is 0.356 e. The molecule has 0 amide bonds. The van der Waals surface area contributed by atoms with Crippen LogP contribution in [0, 0.1) is 5.92 Å². The van der Waals surface area contributed by atoms with E-state index in [0.717, 1.165) is 45.7 Å². The number of fused-ring (bicyclic) bond motifs is 1. The number of benzene rings is 2. The van der Waals surface area contributed by atoms with Crippen LogP contribution in [0.5, 0.6) is 0 Å². The van der Waals surface area contributed by atoms with Gasteiger partial charge < -0.3 is 4.90 Å². The fourth-order valence-electron chi connectivity index (χ4n) is 3.44. The minimum Gasteiger partial charge on any atom is -0.356 e. The first kappa shape index (κ1) is 15.6. The number of nitrogens with zero attached hydrogens (tertiary/aromatic N) is 3. The summed E-state index contributed by atoms with van der Waals surface area (Å²) in [5.41, 5.74) is 2.05. The lowest BCUT2D eigenvalue weighted by atomic mass is 10.00. The Hall–Kier alpha value is -1.94. The summed E-state index contributed by atoms with van der Waals surface area (Å²) in [4.78, 5) is 12.2. The maximum Gasteiger partial charge on any atom is 0.162 e. The third kappa shape index (κ3) is 3.03. The van der Waals surface area contributed by atoms with Crippen molar-refractivity contribution in [2.75, 3.05) is 18.0 Å². The van der Waals surface area contributed by atoms with E-state index in [9.17, 15) is 0 Å². The van der Waals surface area contributed by atoms with Crippen molar-refractivity contribution in [3.8, 4) is 11.4 Å². The quantitative estimate of drug-likeness (QED) is 0.603. The highest BCUT2D eigenvalue weighted by atomic mass is 79.9. The summed E-state index contributed by atoms with van der Waals surface area (Å²) in [6, 6.07) is 16.5. The van der Waals surface area contributed by atoms with Gasteiger partial charge >= 0.3 is 0 Å². The second-order valence-electron chi connectivity index (χ2n) is 6.59. The Morgan fingerprint density at radius 3 is 2.79 bits per heavy atom. The average Bonchev–Trinajstić information content (AvgIpc) is 2.61. The third-order valence-electron chi connectivity index (χ3n) is 4.62. The fourth-order valence-corrected chi connectivity index (χ4v) is 3.84. The van der Waals surface area contributed by atoms with E-state index in [4.69, 9.17) is 9.97 Å². The zero-order valence-electron chi connectivity index (χ0n) is 13.7. The van der Waals surface area contributed by atoms with Crippen LogP contribution in [-0.4, -0.2) is 23.1 Å². The van der Waals surface area contributed by atoms with Crippen molar-refractivity contribution < 1.29 is 0 Å². The van der Waals surface area contributed by atoms with Crippen LogP contribution in [0.1, 0.15) is 19.8 Å². The molecule has 1 aliphatic rings. The average molecular weight is 382 g/mol. The van der Waals surface area contributed by atoms with Crippen LogP contribution in [0.2, 0.25) is 0 Å². The minimum atomic E-state index is 0.710. The second-order valence-corrected chi connectivity index (χ2v) is 7.51. The lowest BCUT2D eigenvalue weighted by Gasteiger charge is -2.32. The topological polar surface area (TPSA) is 29.0 Å². The van der Waals surface area contributed by atoms with Gasteiger partial charge in [0.15, 0.2) is 5.82 Å². The maximum absolute atomic E-state index is 4.96. The van der Waals surface area contributed by atoms with Crippen molar-refractivity contribution >= 4 is 32.7 Å². The molecule has 3 aromatic rings. The van der Waals surface area contributed by atoms with E-state index in [1.54, 1.807) is 0 Å². The van der Waals surface area contributed by atoms with Crippen LogP contribution in [0.25, 0.3) is 22.3 Å². The van der Waals surface area contributed by atoms with E-state index in [0.29, 0.717) is 5.92 Å². The van der Waals surface area contributed by atoms with Gasteiger partial charge in [-0.15, -0.1) is 0 Å². The molecule has 4 heteroatoms. The highest BCUT2D eigenvalue weighted by Gasteiger charge is 2.21. The summed E-state index contributed by atoms with van der Waals surface area (Å²) < 4.78 is 1.05. The molecule has 1 saturated heterocycles. The van der Waals surface area contributed by atoms with Crippen LogP contribution in [0.3, 0.4) is 0 Å². The van der Waals surface area contributed by atoms with Crippen LogP contribution >= 0.6 is 15.9 Å². The zero-order valence-corrected chi connectivity index (χ0v) is 15.3. The zero-order chi connectivity index (χ0) is 16.5. The summed E-state index contributed by atoms with van der Waals surface area (Å²) in [7, 11) is 0. The molecule has 0 saturated carbocycles. The SMILES string of the molecule is CC1CCCN(c2nc(-c3cccc(Br)c3)nc3ccccc23)C1. The predicted molar refractivity (Wildman–Crippen MR) is 103 cm³/mol. The lowest BCUT2D eigenvalue weighted by Crippen LogP contribution is -2.35. The number of anilines is 1. The first-order chi connectivity index (χ1) is 11.7. The van der Waals surface area contributed by atoms with Crippen LogP contribution < -0.4 is 4.90 Å². The molecule has 1 aromatic heterocycles. The Morgan fingerprint density at radius 2 is 1.96 bits per heavy atom. The Bertz CT molecular complexity index is 878. The molecule has 0 aliphatic carbocycles. The first-order valence-electron chi connectivity index (χ1n) is 8.48. The highest BCUT2D eigenvalue weighted by molar-refractivity contribution is 9.10. The number of hydrogen-bond acceptors (Lipinski definition) is 3. The van der Waals surface area contributed by atoms with Gasteiger partial charge in [-0.05, 0) is 43.0 Å². The molecule has 0 N–H and O–H groups in total. The Balaban J connectivity index is 1.88. The Morgan fingerprint density at radius 1 is 1.08 bits per heavy atom. The molecule has 1 aliphatic heterocycles. The van der Waals surface area contributed by atoms with E-state index in [1.807, 2.05) is 18.2 Å². The highest BCUT2D eigenvalue weighted by Crippen LogP contribution is 2.31. The molecule has 1 atom stereocenters. The van der Waals surface area contributed by atoms with Gasteiger partial charge in [-0.1, -0.05) is 47.1 Å². The molecule has 3 nitrogen and oxygen atoms in total. The van der Waals surface area contributed by atoms with Gasteiger partial charge in [0.25, 0.3) is 0 Å². The minimum absolute atomic E-state index is 0.710. The molecule has 122 valence electrons. The normalized spacial score (nSPS) is 18.1. The van der Waals surface area contributed by atoms with E-state index in [1.165, 1.54) is 12.8 Å². The molecule has 0 bridgehead atoms. The van der Waals surface area contributed by atoms with Crippen molar-refractivity contribution in [2.45, 2.75) is 19.8 Å². The Labute approximate surface area is 150 Å². The van der Waals surface area contributed by atoms with Crippen LogP contribution in [0.4, 0.5) is 5.82 Å². The smallest absolute Gasteiger partial charge is 0.162 e. The van der Waals surface area contributed by atoms with Crippen LogP contribution in [0.15, 0.2) is 53.0 Å². The summed E-state index contributed by atoms with van der Waals surface area (Å²) >= 11 is 3.55. The summed E-state index contributed by atoms with van der Waals surface area (Å²) in [6.45, 7) is 4.47.